The number of H-pyrrole nitrogens is 1. The van der Waals surface area contributed by atoms with E-state index in [1.54, 1.807) is 18.2 Å². The Morgan fingerprint density at radius 1 is 1.21 bits per heavy atom. The van der Waals surface area contributed by atoms with Crippen LogP contribution in [0.15, 0.2) is 23.0 Å². The predicted molar refractivity (Wildman–Crippen MR) is 145 cm³/mol. The largest absolute Gasteiger partial charge is 0.482 e. The number of aromatic nitrogens is 2. The van der Waals surface area contributed by atoms with E-state index in [1.807, 2.05) is 0 Å². The van der Waals surface area contributed by atoms with Crippen LogP contribution in [-0.2, 0) is 27.3 Å². The van der Waals surface area contributed by atoms with Crippen LogP contribution in [0.1, 0.15) is 51.8 Å². The van der Waals surface area contributed by atoms with Crippen LogP contribution in [0.25, 0.3) is 10.2 Å². The van der Waals surface area contributed by atoms with Gasteiger partial charge in [-0.1, -0.05) is 6.07 Å². The number of anilines is 1. The summed E-state index contributed by atoms with van der Waals surface area (Å²) in [4.78, 5) is 68.7. The van der Waals surface area contributed by atoms with E-state index >= 15 is 0 Å². The first kappa shape index (κ1) is 29.5. The number of nitrogens with zero attached hydrogens (tertiary/aromatic N) is 1. The first-order chi connectivity index (χ1) is 17.8. The van der Waals surface area contributed by atoms with Crippen molar-refractivity contribution in [2.24, 2.45) is 0 Å². The van der Waals surface area contributed by atoms with E-state index < -0.39 is 29.9 Å². The van der Waals surface area contributed by atoms with Crippen molar-refractivity contribution in [2.75, 3.05) is 18.5 Å². The number of carbonyl (C=O) groups excluding carboxylic acids is 3. The van der Waals surface area contributed by atoms with Gasteiger partial charge in [-0.05, 0) is 48.4 Å². The van der Waals surface area contributed by atoms with Crippen LogP contribution in [0.4, 0.5) is 5.69 Å². The standard InChI is InChI=1S/C24H23N5O7S.ClH.H3N/c30-16(25-9-18(32)33)7-12-2-1-3-15-19(12)20-22(34)28-21(29-24(20)37-15)23(35)26-8-11-4-5-14-13(6-11)27-17(31)10-36-14;;/h4-6,12H,1-3,7-10H2,(H,25,30)(H,26,35)(H,27,31)(H,32,33)(H,28,29,34);1H;1H3. The average molecular weight is 579 g/mol. The Balaban J connectivity index is 0.00000210. The number of carboxylic acids is 1. The van der Waals surface area contributed by atoms with E-state index in [2.05, 4.69) is 25.9 Å². The van der Waals surface area contributed by atoms with Gasteiger partial charge in [0.25, 0.3) is 17.4 Å². The van der Waals surface area contributed by atoms with Gasteiger partial charge in [-0.3, -0.25) is 24.0 Å². The molecule has 0 radical (unpaired) electrons. The van der Waals surface area contributed by atoms with E-state index in [0.717, 1.165) is 28.8 Å². The highest BCUT2D eigenvalue weighted by Gasteiger charge is 2.29. The number of aromatic amines is 1. The molecule has 15 heteroatoms. The molecule has 5 rings (SSSR count). The molecule has 3 aromatic rings. The molecule has 13 nitrogen and oxygen atoms in total. The number of ether oxygens (including phenoxy) is 1. The zero-order valence-electron chi connectivity index (χ0n) is 20.6. The molecule has 39 heavy (non-hydrogen) atoms. The summed E-state index contributed by atoms with van der Waals surface area (Å²) in [5.41, 5.74) is 1.54. The number of aliphatic carboxylic acids is 1. The highest BCUT2D eigenvalue weighted by atomic mass is 35.5. The van der Waals surface area contributed by atoms with E-state index in [4.69, 9.17) is 9.84 Å². The van der Waals surface area contributed by atoms with E-state index in [1.165, 1.54) is 11.3 Å². The minimum absolute atomic E-state index is 0. The molecule has 0 fully saturated rings. The molecule has 1 aliphatic carbocycles. The number of rotatable bonds is 7. The number of amides is 3. The fraction of sp³-hybridized carbons (Fsp3) is 0.333. The van der Waals surface area contributed by atoms with Crippen LogP contribution in [0.3, 0.4) is 0 Å². The number of halogens is 1. The zero-order valence-corrected chi connectivity index (χ0v) is 22.3. The Morgan fingerprint density at radius 2 is 2.00 bits per heavy atom. The molecule has 208 valence electrons. The molecule has 3 amide bonds. The molecule has 0 bridgehead atoms. The maximum atomic E-state index is 13.0. The second kappa shape index (κ2) is 12.2. The minimum Gasteiger partial charge on any atom is -0.482 e. The predicted octanol–water partition coefficient (Wildman–Crippen LogP) is 1.84. The number of carboxylic acid groups (broad SMARTS) is 1. The summed E-state index contributed by atoms with van der Waals surface area (Å²) in [5.74, 6) is -2.15. The van der Waals surface area contributed by atoms with Gasteiger partial charge in [-0.2, -0.15) is 0 Å². The van der Waals surface area contributed by atoms with Crippen LogP contribution >= 0.6 is 23.7 Å². The molecule has 1 atom stereocenters. The van der Waals surface area contributed by atoms with Crippen molar-refractivity contribution in [2.45, 2.75) is 38.1 Å². The number of fused-ring (bicyclic) bond motifs is 4. The summed E-state index contributed by atoms with van der Waals surface area (Å²) >= 11 is 1.33. The lowest BCUT2D eigenvalue weighted by atomic mass is 9.84. The maximum Gasteiger partial charge on any atom is 0.322 e. The quantitative estimate of drug-likeness (QED) is 0.241. The molecule has 0 saturated heterocycles. The van der Waals surface area contributed by atoms with Gasteiger partial charge in [-0.25, -0.2) is 4.98 Å². The van der Waals surface area contributed by atoms with Crippen molar-refractivity contribution in [1.29, 1.82) is 0 Å². The third-order valence-electron chi connectivity index (χ3n) is 6.25. The Labute approximate surface area is 231 Å². The summed E-state index contributed by atoms with van der Waals surface area (Å²) in [7, 11) is 0. The summed E-state index contributed by atoms with van der Waals surface area (Å²) in [6, 6.07) is 5.17. The van der Waals surface area contributed by atoms with E-state index in [0.29, 0.717) is 28.1 Å². The Kier molecular flexibility index (Phi) is 9.27. The van der Waals surface area contributed by atoms with Gasteiger partial charge in [0.2, 0.25) is 11.7 Å². The fourth-order valence-electron chi connectivity index (χ4n) is 4.63. The van der Waals surface area contributed by atoms with Gasteiger partial charge in [-0.15, -0.1) is 23.7 Å². The van der Waals surface area contributed by atoms with Gasteiger partial charge in [0, 0.05) is 17.8 Å². The van der Waals surface area contributed by atoms with Crippen LogP contribution in [-0.4, -0.2) is 51.9 Å². The monoisotopic (exact) mass is 578 g/mol. The smallest absolute Gasteiger partial charge is 0.322 e. The molecule has 0 spiro atoms. The van der Waals surface area contributed by atoms with Gasteiger partial charge < -0.3 is 36.9 Å². The van der Waals surface area contributed by atoms with E-state index in [9.17, 15) is 24.0 Å². The molecule has 2 aromatic heterocycles. The summed E-state index contributed by atoms with van der Waals surface area (Å²) < 4.78 is 5.33. The molecular weight excluding hydrogens is 552 g/mol. The Hall–Kier alpha value is -4.01. The third-order valence-corrected chi connectivity index (χ3v) is 7.41. The molecule has 1 unspecified atom stereocenters. The Bertz CT molecular complexity index is 1500. The van der Waals surface area contributed by atoms with Crippen LogP contribution in [0.2, 0.25) is 0 Å². The van der Waals surface area contributed by atoms with Gasteiger partial charge >= 0.3 is 5.97 Å². The van der Waals surface area contributed by atoms with Crippen molar-refractivity contribution >= 4 is 63.3 Å². The second-order valence-corrected chi connectivity index (χ2v) is 9.93. The number of aryl methyl sites for hydroxylation is 1. The van der Waals surface area contributed by atoms with Crippen molar-refractivity contribution in [3.63, 3.8) is 0 Å². The maximum absolute atomic E-state index is 13.0. The second-order valence-electron chi connectivity index (χ2n) is 8.85. The lowest BCUT2D eigenvalue weighted by molar-refractivity contribution is -0.138. The SMILES string of the molecule is Cl.N.O=C(O)CNC(=O)CC1CCCc2sc3nc(C(=O)NCc4ccc5c(c4)NC(=O)CO5)[nH]c(=O)c3c21. The fourth-order valence-corrected chi connectivity index (χ4v) is 5.93. The number of carbonyl (C=O) groups is 4. The molecule has 0 saturated carbocycles. The summed E-state index contributed by atoms with van der Waals surface area (Å²) in [5, 5.41) is 17.0. The lowest BCUT2D eigenvalue weighted by Crippen LogP contribution is -2.31. The lowest BCUT2D eigenvalue weighted by Gasteiger charge is -2.22. The van der Waals surface area contributed by atoms with Gasteiger partial charge in [0.1, 0.15) is 17.1 Å². The molecule has 1 aliphatic heterocycles. The van der Waals surface area contributed by atoms with E-state index in [-0.39, 0.29) is 55.8 Å². The Morgan fingerprint density at radius 3 is 2.77 bits per heavy atom. The number of hydrogen-bond acceptors (Lipinski definition) is 9. The molecule has 1 aromatic carbocycles. The van der Waals surface area contributed by atoms with Crippen molar-refractivity contribution in [3.05, 3.63) is 50.4 Å². The number of benzene rings is 1. The number of nitrogens with one attached hydrogen (secondary N) is 4. The van der Waals surface area contributed by atoms with Crippen LogP contribution in [0.5, 0.6) is 5.75 Å². The molecular formula is C24H27ClN6O7S. The van der Waals surface area contributed by atoms with Crippen LogP contribution < -0.4 is 32.4 Å². The highest BCUT2D eigenvalue weighted by Crippen LogP contribution is 2.41. The van der Waals surface area contributed by atoms with Crippen molar-refractivity contribution in [3.8, 4) is 5.75 Å². The minimum atomic E-state index is -1.13. The average Bonchev–Trinajstić information content (AvgIpc) is 3.26. The molecule has 3 heterocycles. The van der Waals surface area contributed by atoms with Crippen LogP contribution in [0, 0.1) is 0 Å². The number of thiophene rings is 1. The number of hydrogen-bond donors (Lipinski definition) is 6. The zero-order chi connectivity index (χ0) is 26.1. The van der Waals surface area contributed by atoms with Gasteiger partial charge in [0.15, 0.2) is 6.61 Å². The summed E-state index contributed by atoms with van der Waals surface area (Å²) in [6.07, 6.45) is 2.32. The first-order valence-corrected chi connectivity index (χ1v) is 12.5. The molecule has 8 N–H and O–H groups in total. The normalized spacial score (nSPS) is 15.4. The topological polar surface area (TPSA) is 215 Å². The first-order valence-electron chi connectivity index (χ1n) is 11.7. The van der Waals surface area contributed by atoms with Gasteiger partial charge in [0.05, 0.1) is 11.1 Å². The summed E-state index contributed by atoms with van der Waals surface area (Å²) in [6.45, 7) is -0.370. The highest BCUT2D eigenvalue weighted by molar-refractivity contribution is 7.18. The van der Waals surface area contributed by atoms with Crippen molar-refractivity contribution in [1.82, 2.24) is 26.8 Å². The molecule has 2 aliphatic rings. The van der Waals surface area contributed by atoms with Crippen molar-refractivity contribution < 1.29 is 29.0 Å². The third kappa shape index (κ3) is 6.35.